The molecule has 0 unspecified atom stereocenters. The third-order valence-electron chi connectivity index (χ3n) is 1.70. The highest BCUT2D eigenvalue weighted by atomic mass is 32.2. The molecule has 0 aliphatic carbocycles. The third kappa shape index (κ3) is 3.36. The number of thioether (sulfide) groups is 1. The van der Waals surface area contributed by atoms with Gasteiger partial charge in [0.2, 0.25) is 0 Å². The highest BCUT2D eigenvalue weighted by Gasteiger charge is 2.00. The van der Waals surface area contributed by atoms with Crippen LogP contribution in [0.15, 0.2) is 23.4 Å². The van der Waals surface area contributed by atoms with E-state index in [2.05, 4.69) is 11.9 Å². The molecule has 3 heteroatoms. The lowest BCUT2D eigenvalue weighted by molar-refractivity contribution is 0.198. The van der Waals surface area contributed by atoms with E-state index in [4.69, 9.17) is 0 Å². The van der Waals surface area contributed by atoms with Crippen LogP contribution in [0, 0.1) is 0 Å². The highest BCUT2D eigenvalue weighted by Crippen LogP contribution is 2.18. The molecule has 1 heterocycles. The summed E-state index contributed by atoms with van der Waals surface area (Å²) >= 11 is 1.75. The van der Waals surface area contributed by atoms with E-state index >= 15 is 0 Å². The van der Waals surface area contributed by atoms with Gasteiger partial charge in [0.25, 0.3) is 0 Å². The predicted molar refractivity (Wildman–Crippen MR) is 55.9 cm³/mol. The summed E-state index contributed by atoms with van der Waals surface area (Å²) in [5.41, 5.74) is 0.876. The van der Waals surface area contributed by atoms with Gasteiger partial charge in [0.1, 0.15) is 0 Å². The lowest BCUT2D eigenvalue weighted by atomic mass is 10.2. The number of pyridine rings is 1. The molecule has 0 aromatic carbocycles. The zero-order valence-electron chi connectivity index (χ0n) is 8.03. The van der Waals surface area contributed by atoms with Gasteiger partial charge in [-0.3, -0.25) is 0 Å². The van der Waals surface area contributed by atoms with Gasteiger partial charge in [-0.15, -0.1) is 11.8 Å². The van der Waals surface area contributed by atoms with Gasteiger partial charge in [0, 0.05) is 6.20 Å². The zero-order valence-corrected chi connectivity index (χ0v) is 8.84. The molecule has 0 fully saturated rings. The maximum atomic E-state index is 9.24. The number of aliphatic hydroxyl groups is 1. The van der Waals surface area contributed by atoms with Crippen molar-refractivity contribution in [2.75, 3.05) is 5.75 Å². The van der Waals surface area contributed by atoms with Gasteiger partial charge in [-0.2, -0.15) is 0 Å². The molecule has 1 N–H and O–H groups in total. The van der Waals surface area contributed by atoms with Crippen molar-refractivity contribution in [2.45, 2.75) is 31.4 Å². The Kier molecular flexibility index (Phi) is 4.25. The van der Waals surface area contributed by atoms with Crippen molar-refractivity contribution in [2.24, 2.45) is 0 Å². The summed E-state index contributed by atoms with van der Waals surface area (Å²) in [6, 6.07) is 3.89. The third-order valence-corrected chi connectivity index (χ3v) is 2.85. The second kappa shape index (κ2) is 5.25. The van der Waals surface area contributed by atoms with Crippen LogP contribution in [0.1, 0.15) is 31.9 Å². The van der Waals surface area contributed by atoms with Crippen LogP contribution in [-0.2, 0) is 0 Å². The number of nitrogens with zero attached hydrogens (tertiary/aromatic N) is 1. The van der Waals surface area contributed by atoms with E-state index in [0.717, 1.165) is 22.8 Å². The van der Waals surface area contributed by atoms with Crippen molar-refractivity contribution >= 4 is 11.8 Å². The first-order valence-electron chi connectivity index (χ1n) is 4.51. The Morgan fingerprint density at radius 2 is 2.31 bits per heavy atom. The predicted octanol–water partition coefficient (Wildman–Crippen LogP) is 2.64. The van der Waals surface area contributed by atoms with Gasteiger partial charge < -0.3 is 5.11 Å². The lowest BCUT2D eigenvalue weighted by Crippen LogP contribution is -1.92. The minimum Gasteiger partial charge on any atom is -0.389 e. The Labute approximate surface area is 83.4 Å². The van der Waals surface area contributed by atoms with Crippen molar-refractivity contribution in [1.82, 2.24) is 4.98 Å². The van der Waals surface area contributed by atoms with Gasteiger partial charge in [-0.25, -0.2) is 4.98 Å². The van der Waals surface area contributed by atoms with Gasteiger partial charge >= 0.3 is 0 Å². The molecular weight excluding hydrogens is 182 g/mol. The van der Waals surface area contributed by atoms with Crippen molar-refractivity contribution in [3.05, 3.63) is 23.9 Å². The molecule has 72 valence electrons. The molecule has 0 saturated heterocycles. The van der Waals surface area contributed by atoms with Gasteiger partial charge in [-0.05, 0) is 30.7 Å². The van der Waals surface area contributed by atoms with Crippen molar-refractivity contribution in [3.8, 4) is 0 Å². The van der Waals surface area contributed by atoms with Crippen LogP contribution in [0.2, 0.25) is 0 Å². The van der Waals surface area contributed by atoms with E-state index in [-0.39, 0.29) is 0 Å². The van der Waals surface area contributed by atoms with Crippen LogP contribution in [0.25, 0.3) is 0 Å². The Morgan fingerprint density at radius 3 is 2.77 bits per heavy atom. The van der Waals surface area contributed by atoms with Crippen molar-refractivity contribution < 1.29 is 5.11 Å². The molecular formula is C10H15NOS. The second-order valence-electron chi connectivity index (χ2n) is 2.95. The number of aliphatic hydroxyl groups excluding tert-OH is 1. The van der Waals surface area contributed by atoms with Gasteiger partial charge in [0.05, 0.1) is 11.1 Å². The maximum Gasteiger partial charge on any atom is 0.0960 e. The summed E-state index contributed by atoms with van der Waals surface area (Å²) in [6.07, 6.45) is 2.48. The van der Waals surface area contributed by atoms with E-state index in [0.29, 0.717) is 0 Å². The quantitative estimate of drug-likeness (QED) is 0.753. The molecule has 0 radical (unpaired) electrons. The van der Waals surface area contributed by atoms with Gasteiger partial charge in [-0.1, -0.05) is 13.0 Å². The fraction of sp³-hybridized carbons (Fsp3) is 0.500. The first-order chi connectivity index (χ1) is 6.24. The van der Waals surface area contributed by atoms with E-state index < -0.39 is 6.10 Å². The molecule has 1 aromatic heterocycles. The van der Waals surface area contributed by atoms with Crippen LogP contribution in [0.3, 0.4) is 0 Å². The fourth-order valence-corrected chi connectivity index (χ4v) is 1.64. The minimum absolute atomic E-state index is 0.419. The fourth-order valence-electron chi connectivity index (χ4n) is 0.931. The summed E-state index contributed by atoms with van der Waals surface area (Å²) in [5, 5.41) is 10.3. The molecule has 0 aliphatic rings. The molecule has 1 rings (SSSR count). The molecule has 0 bridgehead atoms. The molecule has 1 aromatic rings. The number of hydrogen-bond donors (Lipinski definition) is 1. The van der Waals surface area contributed by atoms with Gasteiger partial charge in [0.15, 0.2) is 0 Å². The summed E-state index contributed by atoms with van der Waals surface area (Å²) in [6.45, 7) is 3.90. The number of hydrogen-bond acceptors (Lipinski definition) is 3. The molecule has 0 amide bonds. The summed E-state index contributed by atoms with van der Waals surface area (Å²) in [4.78, 5) is 4.24. The average Bonchev–Trinajstić information content (AvgIpc) is 2.15. The van der Waals surface area contributed by atoms with E-state index in [1.165, 1.54) is 0 Å². The maximum absolute atomic E-state index is 9.24. The number of rotatable bonds is 4. The van der Waals surface area contributed by atoms with Crippen LogP contribution >= 0.6 is 11.8 Å². The zero-order chi connectivity index (χ0) is 9.68. The Morgan fingerprint density at radius 1 is 1.54 bits per heavy atom. The lowest BCUT2D eigenvalue weighted by Gasteiger charge is -2.04. The minimum atomic E-state index is -0.419. The highest BCUT2D eigenvalue weighted by molar-refractivity contribution is 7.99. The SMILES string of the molecule is CCCSc1ccc([C@H](C)O)cn1. The van der Waals surface area contributed by atoms with E-state index in [9.17, 15) is 5.11 Å². The topological polar surface area (TPSA) is 33.1 Å². The Bertz CT molecular complexity index is 246. The second-order valence-corrected chi connectivity index (χ2v) is 4.07. The molecule has 0 spiro atoms. The number of aromatic nitrogens is 1. The standard InChI is InChI=1S/C10H15NOS/c1-3-6-13-10-5-4-9(7-11-10)8(2)12/h4-5,7-8,12H,3,6H2,1-2H3/t8-/m0/s1. The summed E-state index contributed by atoms with van der Waals surface area (Å²) in [7, 11) is 0. The molecule has 2 nitrogen and oxygen atoms in total. The van der Waals surface area contributed by atoms with Crippen LogP contribution in [0.5, 0.6) is 0 Å². The Hall–Kier alpha value is -0.540. The Balaban J connectivity index is 2.59. The normalized spacial score (nSPS) is 12.8. The summed E-state index contributed by atoms with van der Waals surface area (Å²) in [5.74, 6) is 1.10. The van der Waals surface area contributed by atoms with Crippen LogP contribution < -0.4 is 0 Å². The van der Waals surface area contributed by atoms with Crippen LogP contribution in [-0.4, -0.2) is 15.8 Å². The van der Waals surface area contributed by atoms with Crippen molar-refractivity contribution in [1.29, 1.82) is 0 Å². The summed E-state index contributed by atoms with van der Waals surface area (Å²) < 4.78 is 0. The van der Waals surface area contributed by atoms with E-state index in [1.54, 1.807) is 24.9 Å². The molecule has 0 aliphatic heterocycles. The average molecular weight is 197 g/mol. The molecule has 13 heavy (non-hydrogen) atoms. The van der Waals surface area contributed by atoms with Crippen LogP contribution in [0.4, 0.5) is 0 Å². The molecule has 0 saturated carbocycles. The molecule has 1 atom stereocenters. The van der Waals surface area contributed by atoms with Crippen molar-refractivity contribution in [3.63, 3.8) is 0 Å². The first kappa shape index (κ1) is 10.5. The van der Waals surface area contributed by atoms with E-state index in [1.807, 2.05) is 12.1 Å². The monoisotopic (exact) mass is 197 g/mol. The first-order valence-corrected chi connectivity index (χ1v) is 5.49. The smallest absolute Gasteiger partial charge is 0.0960 e. The largest absolute Gasteiger partial charge is 0.389 e.